The highest BCUT2D eigenvalue weighted by Crippen LogP contribution is 2.24. The minimum absolute atomic E-state index is 0.259. The van der Waals surface area contributed by atoms with Crippen LogP contribution in [0.5, 0.6) is 0 Å². The zero-order valence-corrected chi connectivity index (χ0v) is 21.1. The molecule has 1 N–H and O–H groups in total. The molecule has 33 heavy (non-hydrogen) atoms. The molecule has 0 bridgehead atoms. The van der Waals surface area contributed by atoms with E-state index < -0.39 is 10.0 Å². The molecule has 9 heteroatoms. The minimum Gasteiger partial charge on any atom is -0.356 e. The van der Waals surface area contributed by atoms with Gasteiger partial charge in [-0.15, -0.1) is 0 Å². The summed E-state index contributed by atoms with van der Waals surface area (Å²) in [6.45, 7) is 7.36. The fourth-order valence-electron chi connectivity index (χ4n) is 5.56. The molecule has 4 rings (SSSR count). The molecule has 8 nitrogen and oxygen atoms in total. The van der Waals surface area contributed by atoms with Crippen molar-refractivity contribution in [3.8, 4) is 0 Å². The molecule has 0 radical (unpaired) electrons. The Morgan fingerprint density at radius 3 is 2.55 bits per heavy atom. The van der Waals surface area contributed by atoms with Gasteiger partial charge in [-0.1, -0.05) is 26.2 Å². The van der Waals surface area contributed by atoms with Crippen molar-refractivity contribution in [1.29, 1.82) is 0 Å². The number of aromatic nitrogens is 2. The molecule has 2 atom stereocenters. The second-order valence-corrected chi connectivity index (χ2v) is 12.0. The van der Waals surface area contributed by atoms with Crippen LogP contribution in [0.3, 0.4) is 0 Å². The topological polar surface area (TPSA) is 81.7 Å². The van der Waals surface area contributed by atoms with E-state index in [0.29, 0.717) is 25.6 Å². The summed E-state index contributed by atoms with van der Waals surface area (Å²) < 4.78 is 27.0. The van der Waals surface area contributed by atoms with Gasteiger partial charge in [-0.3, -0.25) is 4.90 Å². The van der Waals surface area contributed by atoms with Crippen LogP contribution in [-0.4, -0.2) is 84.7 Å². The van der Waals surface area contributed by atoms with Crippen LogP contribution >= 0.6 is 0 Å². The van der Waals surface area contributed by atoms with Crippen LogP contribution in [0.2, 0.25) is 0 Å². The Bertz CT molecular complexity index is 843. The lowest BCUT2D eigenvalue weighted by atomic mass is 10.1. The summed E-state index contributed by atoms with van der Waals surface area (Å²) in [6.07, 6.45) is 13.1. The largest absolute Gasteiger partial charge is 0.356 e. The van der Waals surface area contributed by atoms with Crippen molar-refractivity contribution in [3.05, 3.63) is 12.3 Å². The van der Waals surface area contributed by atoms with E-state index in [1.54, 1.807) is 4.31 Å². The van der Waals surface area contributed by atoms with E-state index in [0.717, 1.165) is 63.6 Å². The van der Waals surface area contributed by atoms with Gasteiger partial charge in [0.25, 0.3) is 0 Å². The fraction of sp³-hybridized carbons (Fsp3) is 0.833. The third-order valence-electron chi connectivity index (χ3n) is 7.34. The number of hydrogen-bond donors (Lipinski definition) is 1. The van der Waals surface area contributed by atoms with Gasteiger partial charge in [-0.25, -0.2) is 17.7 Å². The summed E-state index contributed by atoms with van der Waals surface area (Å²) in [5.41, 5.74) is 0. The number of anilines is 2. The van der Waals surface area contributed by atoms with Crippen molar-refractivity contribution in [1.82, 2.24) is 19.2 Å². The maximum Gasteiger partial charge on any atom is 0.224 e. The molecule has 3 aliphatic heterocycles. The Morgan fingerprint density at radius 2 is 1.76 bits per heavy atom. The van der Waals surface area contributed by atoms with Crippen LogP contribution in [0.15, 0.2) is 12.3 Å². The first kappa shape index (κ1) is 24.7. The number of sulfonamides is 1. The quantitative estimate of drug-likeness (QED) is 0.644. The average molecular weight is 479 g/mol. The summed E-state index contributed by atoms with van der Waals surface area (Å²) >= 11 is 0. The van der Waals surface area contributed by atoms with Crippen LogP contribution in [0.25, 0.3) is 0 Å². The first-order chi connectivity index (χ1) is 16.0. The van der Waals surface area contributed by atoms with E-state index in [9.17, 15) is 8.42 Å². The molecule has 0 amide bonds. The summed E-state index contributed by atoms with van der Waals surface area (Å²) in [7, 11) is -3.13. The van der Waals surface area contributed by atoms with Crippen molar-refractivity contribution in [3.63, 3.8) is 0 Å². The SMILES string of the molecule is CCCS(=O)(=O)N1CCCC(N2CCCCC(Nc3nccc(N4CCCCCC4)n3)C2)C1. The van der Waals surface area contributed by atoms with Gasteiger partial charge in [0.15, 0.2) is 0 Å². The van der Waals surface area contributed by atoms with Crippen LogP contribution in [0.1, 0.15) is 71.1 Å². The van der Waals surface area contributed by atoms with E-state index >= 15 is 0 Å². The lowest BCUT2D eigenvalue weighted by Gasteiger charge is -2.39. The van der Waals surface area contributed by atoms with Crippen molar-refractivity contribution >= 4 is 21.8 Å². The highest BCUT2D eigenvalue weighted by atomic mass is 32.2. The second kappa shape index (κ2) is 11.8. The molecule has 1 aromatic heterocycles. The lowest BCUT2D eigenvalue weighted by molar-refractivity contribution is 0.136. The Kier molecular flexibility index (Phi) is 8.82. The Morgan fingerprint density at radius 1 is 0.970 bits per heavy atom. The monoisotopic (exact) mass is 478 g/mol. The van der Waals surface area contributed by atoms with Gasteiger partial charge in [0, 0.05) is 51.0 Å². The minimum atomic E-state index is -3.13. The summed E-state index contributed by atoms with van der Waals surface area (Å²) in [6, 6.07) is 2.62. The van der Waals surface area contributed by atoms with Gasteiger partial charge in [0.05, 0.1) is 5.75 Å². The molecule has 0 aliphatic carbocycles. The maximum absolute atomic E-state index is 12.6. The van der Waals surface area contributed by atoms with Gasteiger partial charge < -0.3 is 10.2 Å². The molecule has 3 aliphatic rings. The highest BCUT2D eigenvalue weighted by molar-refractivity contribution is 7.89. The van der Waals surface area contributed by atoms with E-state index in [2.05, 4.69) is 20.1 Å². The van der Waals surface area contributed by atoms with Crippen LogP contribution in [0, 0.1) is 0 Å². The fourth-order valence-corrected chi connectivity index (χ4v) is 7.14. The Hall–Kier alpha value is -1.45. The van der Waals surface area contributed by atoms with Crippen molar-refractivity contribution in [2.45, 2.75) is 83.2 Å². The first-order valence-electron chi connectivity index (χ1n) is 13.1. The number of rotatable bonds is 7. The predicted octanol–water partition coefficient (Wildman–Crippen LogP) is 3.33. The second-order valence-electron chi connectivity index (χ2n) is 9.94. The normalized spacial score (nSPS) is 26.5. The van der Waals surface area contributed by atoms with Gasteiger partial charge in [0.1, 0.15) is 5.82 Å². The van der Waals surface area contributed by atoms with Crippen molar-refractivity contribution < 1.29 is 8.42 Å². The summed E-state index contributed by atoms with van der Waals surface area (Å²) in [5.74, 6) is 2.01. The van der Waals surface area contributed by atoms with E-state index in [-0.39, 0.29) is 11.8 Å². The molecular formula is C24H42N6O2S. The average Bonchev–Trinajstić information content (AvgIpc) is 3.23. The number of hydrogen-bond acceptors (Lipinski definition) is 7. The van der Waals surface area contributed by atoms with Gasteiger partial charge >= 0.3 is 0 Å². The predicted molar refractivity (Wildman–Crippen MR) is 134 cm³/mol. The summed E-state index contributed by atoms with van der Waals surface area (Å²) in [5, 5.41) is 3.62. The third kappa shape index (κ3) is 6.79. The summed E-state index contributed by atoms with van der Waals surface area (Å²) in [4.78, 5) is 14.3. The highest BCUT2D eigenvalue weighted by Gasteiger charge is 2.33. The number of nitrogens with one attached hydrogen (secondary N) is 1. The molecule has 0 spiro atoms. The van der Waals surface area contributed by atoms with E-state index in [4.69, 9.17) is 4.98 Å². The molecule has 0 aromatic carbocycles. The van der Waals surface area contributed by atoms with Gasteiger partial charge in [-0.2, -0.15) is 4.98 Å². The Labute approximate surface area is 200 Å². The molecule has 186 valence electrons. The molecular weight excluding hydrogens is 436 g/mol. The van der Waals surface area contributed by atoms with Crippen LogP contribution in [-0.2, 0) is 10.0 Å². The lowest BCUT2D eigenvalue weighted by Crippen LogP contribution is -2.52. The van der Waals surface area contributed by atoms with Gasteiger partial charge in [-0.05, 0) is 57.6 Å². The van der Waals surface area contributed by atoms with Crippen LogP contribution < -0.4 is 10.2 Å². The molecule has 1 aromatic rings. The van der Waals surface area contributed by atoms with Crippen molar-refractivity contribution in [2.24, 2.45) is 0 Å². The van der Waals surface area contributed by atoms with E-state index in [1.807, 2.05) is 19.2 Å². The molecule has 3 fully saturated rings. The number of piperidine rings is 1. The van der Waals surface area contributed by atoms with Gasteiger partial charge in [0.2, 0.25) is 16.0 Å². The number of nitrogens with zero attached hydrogens (tertiary/aromatic N) is 5. The third-order valence-corrected chi connectivity index (χ3v) is 9.38. The molecule has 2 unspecified atom stereocenters. The molecule has 4 heterocycles. The zero-order valence-electron chi connectivity index (χ0n) is 20.3. The first-order valence-corrected chi connectivity index (χ1v) is 14.7. The maximum atomic E-state index is 12.6. The van der Waals surface area contributed by atoms with Crippen LogP contribution in [0.4, 0.5) is 11.8 Å². The Balaban J connectivity index is 1.39. The molecule has 3 saturated heterocycles. The molecule has 0 saturated carbocycles. The zero-order chi connectivity index (χ0) is 23.1. The van der Waals surface area contributed by atoms with E-state index in [1.165, 1.54) is 32.1 Å². The standard InChI is InChI=1S/C24H42N6O2S/c1-2-18-33(31,32)30-17-9-11-22(20-30)29-16-8-5-10-21(19-29)26-24-25-13-12-23(27-24)28-14-6-3-4-7-15-28/h12-13,21-22H,2-11,14-20H2,1H3,(H,25,26,27). The number of likely N-dealkylation sites (tertiary alicyclic amines) is 1. The van der Waals surface area contributed by atoms with Crippen molar-refractivity contribution in [2.75, 3.05) is 55.2 Å². The smallest absolute Gasteiger partial charge is 0.224 e.